The number of nitrogens with one attached hydrogen (secondary N) is 1. The maximum Gasteiger partial charge on any atom is 0.0797 e. The molecule has 1 aliphatic carbocycles. The van der Waals surface area contributed by atoms with Gasteiger partial charge in [-0.3, -0.25) is 0 Å². The van der Waals surface area contributed by atoms with Crippen molar-refractivity contribution in [2.45, 2.75) is 51.2 Å². The zero-order valence-electron chi connectivity index (χ0n) is 10.7. The van der Waals surface area contributed by atoms with Crippen LogP contribution in [-0.4, -0.2) is 30.8 Å². The summed E-state index contributed by atoms with van der Waals surface area (Å²) in [6, 6.07) is 0.548. The lowest BCUT2D eigenvalue weighted by Crippen LogP contribution is -2.42. The molecule has 1 heterocycles. The molecule has 0 aliphatic heterocycles. The van der Waals surface area contributed by atoms with Crippen molar-refractivity contribution < 1.29 is 4.74 Å². The van der Waals surface area contributed by atoms with E-state index >= 15 is 0 Å². The Bertz CT molecular complexity index is 340. The molecule has 1 N–H and O–H groups in total. The molecular weight excluding hydrogens is 232 g/mol. The first kappa shape index (κ1) is 13.0. The second-order valence-electron chi connectivity index (χ2n) is 4.70. The molecule has 96 valence electrons. The molecule has 1 fully saturated rings. The van der Waals surface area contributed by atoms with E-state index in [9.17, 15) is 0 Å². The van der Waals surface area contributed by atoms with E-state index in [1.54, 1.807) is 11.3 Å². The third-order valence-electron chi connectivity index (χ3n) is 3.58. The summed E-state index contributed by atoms with van der Waals surface area (Å²) in [5, 5.41) is 3.37. The van der Waals surface area contributed by atoms with Gasteiger partial charge in [-0.15, -0.1) is 11.3 Å². The van der Waals surface area contributed by atoms with Gasteiger partial charge in [-0.05, 0) is 26.8 Å². The van der Waals surface area contributed by atoms with Crippen LogP contribution in [0, 0.1) is 6.92 Å². The van der Waals surface area contributed by atoms with Crippen molar-refractivity contribution in [3.8, 4) is 0 Å². The number of likely N-dealkylation sites (N-methyl/N-ethyl adjacent to an activating group) is 1. The standard InChI is InChI=1S/C13H22N2OS/c1-10-13(17-9-15-10)7-8-16-12-6-4-3-5-11(12)14-2/h9,11-12,14H,3-8H2,1-2H3. The highest BCUT2D eigenvalue weighted by atomic mass is 32.1. The molecule has 2 rings (SSSR count). The number of nitrogens with zero attached hydrogens (tertiary/aromatic N) is 1. The zero-order chi connectivity index (χ0) is 12.1. The lowest BCUT2D eigenvalue weighted by atomic mass is 9.92. The van der Waals surface area contributed by atoms with Crippen LogP contribution in [0.3, 0.4) is 0 Å². The first-order valence-corrected chi connectivity index (χ1v) is 7.37. The van der Waals surface area contributed by atoms with Crippen LogP contribution in [0.15, 0.2) is 5.51 Å². The van der Waals surface area contributed by atoms with Gasteiger partial charge < -0.3 is 10.1 Å². The predicted octanol–water partition coefficient (Wildman–Crippen LogP) is 2.54. The molecule has 0 amide bonds. The van der Waals surface area contributed by atoms with Crippen LogP contribution in [0.2, 0.25) is 0 Å². The molecule has 1 aliphatic rings. The van der Waals surface area contributed by atoms with Gasteiger partial charge in [0.05, 0.1) is 23.9 Å². The van der Waals surface area contributed by atoms with E-state index in [0.29, 0.717) is 12.1 Å². The van der Waals surface area contributed by atoms with Gasteiger partial charge in [0.2, 0.25) is 0 Å². The lowest BCUT2D eigenvalue weighted by molar-refractivity contribution is 0.00894. The average molecular weight is 254 g/mol. The molecule has 3 nitrogen and oxygen atoms in total. The second kappa shape index (κ2) is 6.47. The van der Waals surface area contributed by atoms with Crippen LogP contribution in [0.1, 0.15) is 36.3 Å². The van der Waals surface area contributed by atoms with Crippen molar-refractivity contribution in [1.29, 1.82) is 0 Å². The van der Waals surface area contributed by atoms with Gasteiger partial charge in [0.25, 0.3) is 0 Å². The van der Waals surface area contributed by atoms with Gasteiger partial charge in [0.1, 0.15) is 0 Å². The number of hydrogen-bond donors (Lipinski definition) is 1. The van der Waals surface area contributed by atoms with Crippen LogP contribution in [-0.2, 0) is 11.2 Å². The van der Waals surface area contributed by atoms with E-state index in [0.717, 1.165) is 18.7 Å². The Labute approximate surface area is 108 Å². The van der Waals surface area contributed by atoms with Crippen molar-refractivity contribution in [2.75, 3.05) is 13.7 Å². The number of ether oxygens (including phenoxy) is 1. The molecule has 17 heavy (non-hydrogen) atoms. The van der Waals surface area contributed by atoms with Crippen molar-refractivity contribution in [2.24, 2.45) is 0 Å². The minimum atomic E-state index is 0.405. The molecule has 2 unspecified atom stereocenters. The summed E-state index contributed by atoms with van der Waals surface area (Å²) in [5.41, 5.74) is 3.08. The summed E-state index contributed by atoms with van der Waals surface area (Å²) >= 11 is 1.74. The maximum atomic E-state index is 6.03. The first-order valence-electron chi connectivity index (χ1n) is 6.49. The minimum absolute atomic E-state index is 0.405. The first-order chi connectivity index (χ1) is 8.31. The molecule has 0 aromatic carbocycles. The van der Waals surface area contributed by atoms with Gasteiger partial charge in [0, 0.05) is 17.3 Å². The number of hydrogen-bond acceptors (Lipinski definition) is 4. The number of aryl methyl sites for hydroxylation is 1. The minimum Gasteiger partial charge on any atom is -0.376 e. The van der Waals surface area contributed by atoms with Crippen molar-refractivity contribution in [3.63, 3.8) is 0 Å². The van der Waals surface area contributed by atoms with Gasteiger partial charge in [-0.1, -0.05) is 12.8 Å². The third-order valence-corrected chi connectivity index (χ3v) is 4.57. The Morgan fingerprint density at radius 2 is 2.29 bits per heavy atom. The Balaban J connectivity index is 1.75. The summed E-state index contributed by atoms with van der Waals surface area (Å²) in [4.78, 5) is 5.63. The normalized spacial score (nSPS) is 25.1. The summed E-state index contributed by atoms with van der Waals surface area (Å²) in [6.07, 6.45) is 6.50. The van der Waals surface area contributed by atoms with E-state index in [1.165, 1.54) is 30.6 Å². The van der Waals surface area contributed by atoms with Crippen molar-refractivity contribution >= 4 is 11.3 Å². The molecule has 0 saturated heterocycles. The molecular formula is C13H22N2OS. The Morgan fingerprint density at radius 1 is 1.47 bits per heavy atom. The van der Waals surface area contributed by atoms with Gasteiger partial charge in [0.15, 0.2) is 0 Å². The van der Waals surface area contributed by atoms with Crippen LogP contribution in [0.25, 0.3) is 0 Å². The smallest absolute Gasteiger partial charge is 0.0797 e. The number of aromatic nitrogens is 1. The highest BCUT2D eigenvalue weighted by Gasteiger charge is 2.24. The van der Waals surface area contributed by atoms with E-state index < -0.39 is 0 Å². The average Bonchev–Trinajstić information content (AvgIpc) is 2.76. The lowest BCUT2D eigenvalue weighted by Gasteiger charge is -2.31. The molecule has 0 spiro atoms. The maximum absolute atomic E-state index is 6.03. The van der Waals surface area contributed by atoms with E-state index in [-0.39, 0.29) is 0 Å². The third kappa shape index (κ3) is 3.50. The largest absolute Gasteiger partial charge is 0.376 e. The molecule has 2 atom stereocenters. The highest BCUT2D eigenvalue weighted by Crippen LogP contribution is 2.21. The zero-order valence-corrected chi connectivity index (χ0v) is 11.6. The number of rotatable bonds is 5. The Kier molecular flexibility index (Phi) is 4.95. The van der Waals surface area contributed by atoms with E-state index in [4.69, 9.17) is 4.74 Å². The fourth-order valence-electron chi connectivity index (χ4n) is 2.50. The predicted molar refractivity (Wildman–Crippen MR) is 71.6 cm³/mol. The molecule has 1 aromatic heterocycles. The molecule has 4 heteroatoms. The van der Waals surface area contributed by atoms with Gasteiger partial charge >= 0.3 is 0 Å². The fourth-order valence-corrected chi connectivity index (χ4v) is 3.26. The summed E-state index contributed by atoms with van der Waals surface area (Å²) in [7, 11) is 2.04. The van der Waals surface area contributed by atoms with Crippen LogP contribution in [0.5, 0.6) is 0 Å². The van der Waals surface area contributed by atoms with Gasteiger partial charge in [-0.25, -0.2) is 4.98 Å². The Morgan fingerprint density at radius 3 is 3.00 bits per heavy atom. The van der Waals surface area contributed by atoms with Crippen LogP contribution < -0.4 is 5.32 Å². The second-order valence-corrected chi connectivity index (χ2v) is 5.64. The van der Waals surface area contributed by atoms with Crippen molar-refractivity contribution in [1.82, 2.24) is 10.3 Å². The molecule has 1 aromatic rings. The quantitative estimate of drug-likeness (QED) is 0.877. The SMILES string of the molecule is CNC1CCCCC1OCCc1scnc1C. The van der Waals surface area contributed by atoms with Crippen LogP contribution in [0.4, 0.5) is 0 Å². The number of thiazole rings is 1. The van der Waals surface area contributed by atoms with E-state index in [2.05, 4.69) is 17.2 Å². The molecule has 0 radical (unpaired) electrons. The topological polar surface area (TPSA) is 34.1 Å². The van der Waals surface area contributed by atoms with E-state index in [1.807, 2.05) is 12.6 Å². The van der Waals surface area contributed by atoms with Gasteiger partial charge in [-0.2, -0.15) is 0 Å². The molecule has 0 bridgehead atoms. The summed E-state index contributed by atoms with van der Waals surface area (Å²) in [5.74, 6) is 0. The summed E-state index contributed by atoms with van der Waals surface area (Å²) < 4.78 is 6.03. The highest BCUT2D eigenvalue weighted by molar-refractivity contribution is 7.09. The Hall–Kier alpha value is -0.450. The van der Waals surface area contributed by atoms with Crippen molar-refractivity contribution in [3.05, 3.63) is 16.1 Å². The monoisotopic (exact) mass is 254 g/mol. The van der Waals surface area contributed by atoms with Crippen LogP contribution >= 0.6 is 11.3 Å². The molecule has 1 saturated carbocycles. The summed E-state index contributed by atoms with van der Waals surface area (Å²) in [6.45, 7) is 2.90. The fraction of sp³-hybridized carbons (Fsp3) is 0.769.